The van der Waals surface area contributed by atoms with E-state index in [1.165, 1.54) is 30.7 Å². The Morgan fingerprint density at radius 3 is 2.88 bits per heavy atom. The first-order chi connectivity index (χ1) is 8.18. The first-order valence-corrected chi connectivity index (χ1v) is 4.95. The monoisotopic (exact) mass is 235 g/mol. The van der Waals surface area contributed by atoms with Crippen LogP contribution in [0, 0.1) is 5.82 Å². The number of anilines is 1. The molecule has 0 saturated heterocycles. The highest BCUT2D eigenvalue weighted by Crippen LogP contribution is 2.20. The van der Waals surface area contributed by atoms with E-state index in [4.69, 9.17) is 9.52 Å². The molecule has 17 heavy (non-hydrogen) atoms. The molecule has 0 amide bonds. The molecule has 0 spiro atoms. The number of carboxylic acids is 1. The van der Waals surface area contributed by atoms with Crippen LogP contribution in [0.15, 0.2) is 41.2 Å². The van der Waals surface area contributed by atoms with Crippen LogP contribution in [-0.2, 0) is 6.54 Å². The minimum Gasteiger partial charge on any atom is -0.478 e. The van der Waals surface area contributed by atoms with Crippen LogP contribution in [0.1, 0.15) is 15.9 Å². The number of nitrogens with one attached hydrogen (secondary N) is 1. The van der Waals surface area contributed by atoms with Crippen molar-refractivity contribution in [3.63, 3.8) is 0 Å². The van der Waals surface area contributed by atoms with Crippen LogP contribution in [0.4, 0.5) is 10.1 Å². The lowest BCUT2D eigenvalue weighted by molar-refractivity contribution is 0.0697. The minimum absolute atomic E-state index is 0.0128. The fourth-order valence-electron chi connectivity index (χ4n) is 1.47. The number of carboxylic acid groups (broad SMARTS) is 1. The second-order valence-corrected chi connectivity index (χ2v) is 3.45. The maximum absolute atomic E-state index is 13.5. The molecule has 0 aliphatic rings. The molecule has 0 radical (unpaired) electrons. The summed E-state index contributed by atoms with van der Waals surface area (Å²) in [4.78, 5) is 10.9. The fraction of sp³-hybridized carbons (Fsp3) is 0.0833. The van der Waals surface area contributed by atoms with Gasteiger partial charge in [0.1, 0.15) is 5.82 Å². The zero-order valence-corrected chi connectivity index (χ0v) is 8.81. The van der Waals surface area contributed by atoms with E-state index in [1.54, 1.807) is 6.07 Å². The Morgan fingerprint density at radius 1 is 1.41 bits per heavy atom. The van der Waals surface area contributed by atoms with Gasteiger partial charge in [-0.1, -0.05) is 6.07 Å². The van der Waals surface area contributed by atoms with Crippen LogP contribution < -0.4 is 5.32 Å². The van der Waals surface area contributed by atoms with Gasteiger partial charge in [0, 0.05) is 12.1 Å². The average Bonchev–Trinajstić information content (AvgIpc) is 2.80. The SMILES string of the molecule is O=C(O)c1cccc(F)c1NCc1ccoc1. The number of aromatic carboxylic acids is 1. The highest BCUT2D eigenvalue weighted by atomic mass is 19.1. The molecular formula is C12H10FNO3. The molecule has 1 aromatic heterocycles. The molecule has 1 heterocycles. The zero-order valence-electron chi connectivity index (χ0n) is 8.81. The van der Waals surface area contributed by atoms with Crippen molar-refractivity contribution in [1.29, 1.82) is 0 Å². The largest absolute Gasteiger partial charge is 0.478 e. The molecule has 4 nitrogen and oxygen atoms in total. The van der Waals surface area contributed by atoms with E-state index in [0.717, 1.165) is 5.56 Å². The van der Waals surface area contributed by atoms with Gasteiger partial charge in [-0.2, -0.15) is 0 Å². The summed E-state index contributed by atoms with van der Waals surface area (Å²) in [6, 6.07) is 5.64. The predicted octanol–water partition coefficient (Wildman–Crippen LogP) is 2.73. The number of rotatable bonds is 4. The van der Waals surface area contributed by atoms with Crippen molar-refractivity contribution in [2.75, 3.05) is 5.32 Å². The maximum Gasteiger partial charge on any atom is 0.337 e. The van der Waals surface area contributed by atoms with E-state index in [2.05, 4.69) is 5.32 Å². The van der Waals surface area contributed by atoms with Crippen molar-refractivity contribution in [3.8, 4) is 0 Å². The van der Waals surface area contributed by atoms with E-state index in [-0.39, 0.29) is 11.3 Å². The normalized spacial score (nSPS) is 10.2. The molecule has 2 rings (SSSR count). The Kier molecular flexibility index (Phi) is 3.09. The summed E-state index contributed by atoms with van der Waals surface area (Å²) < 4.78 is 18.4. The third kappa shape index (κ3) is 2.44. The second kappa shape index (κ2) is 4.69. The smallest absolute Gasteiger partial charge is 0.337 e. The van der Waals surface area contributed by atoms with Crippen LogP contribution in [0.5, 0.6) is 0 Å². The van der Waals surface area contributed by atoms with Gasteiger partial charge in [0.25, 0.3) is 0 Å². The van der Waals surface area contributed by atoms with Crippen LogP contribution in [-0.4, -0.2) is 11.1 Å². The molecule has 0 saturated carbocycles. The van der Waals surface area contributed by atoms with Crippen LogP contribution in [0.2, 0.25) is 0 Å². The first-order valence-electron chi connectivity index (χ1n) is 4.95. The van der Waals surface area contributed by atoms with Crippen molar-refractivity contribution in [2.45, 2.75) is 6.54 Å². The van der Waals surface area contributed by atoms with Crippen molar-refractivity contribution in [3.05, 3.63) is 53.7 Å². The number of furan rings is 1. The van der Waals surface area contributed by atoms with Crippen molar-refractivity contribution in [2.24, 2.45) is 0 Å². The third-order valence-corrected chi connectivity index (χ3v) is 2.29. The van der Waals surface area contributed by atoms with Crippen LogP contribution >= 0.6 is 0 Å². The third-order valence-electron chi connectivity index (χ3n) is 2.29. The van der Waals surface area contributed by atoms with Crippen LogP contribution in [0.3, 0.4) is 0 Å². The van der Waals surface area contributed by atoms with Gasteiger partial charge >= 0.3 is 5.97 Å². The topological polar surface area (TPSA) is 62.5 Å². The van der Waals surface area contributed by atoms with Gasteiger partial charge in [-0.05, 0) is 18.2 Å². The van der Waals surface area contributed by atoms with Gasteiger partial charge in [-0.15, -0.1) is 0 Å². The number of hydrogen-bond acceptors (Lipinski definition) is 3. The van der Waals surface area contributed by atoms with Crippen molar-refractivity contribution >= 4 is 11.7 Å². The minimum atomic E-state index is -1.17. The van der Waals surface area contributed by atoms with E-state index in [9.17, 15) is 9.18 Å². The Labute approximate surface area is 96.7 Å². The Balaban J connectivity index is 2.22. The predicted molar refractivity (Wildman–Crippen MR) is 59.4 cm³/mol. The molecule has 0 aliphatic carbocycles. The fourth-order valence-corrected chi connectivity index (χ4v) is 1.47. The van der Waals surface area contributed by atoms with Crippen LogP contribution in [0.25, 0.3) is 0 Å². The molecule has 0 aliphatic heterocycles. The van der Waals surface area contributed by atoms with Gasteiger partial charge in [-0.25, -0.2) is 9.18 Å². The number of hydrogen-bond donors (Lipinski definition) is 2. The lowest BCUT2D eigenvalue weighted by atomic mass is 10.1. The number of halogens is 1. The van der Waals surface area contributed by atoms with E-state index in [0.29, 0.717) is 6.54 Å². The Morgan fingerprint density at radius 2 is 2.24 bits per heavy atom. The molecular weight excluding hydrogens is 225 g/mol. The summed E-state index contributed by atoms with van der Waals surface area (Å²) >= 11 is 0. The van der Waals surface area contributed by atoms with Crippen molar-refractivity contribution < 1.29 is 18.7 Å². The van der Waals surface area contributed by atoms with Crippen molar-refractivity contribution in [1.82, 2.24) is 0 Å². The Bertz CT molecular complexity index is 523. The zero-order chi connectivity index (χ0) is 12.3. The number of para-hydroxylation sites is 1. The van der Waals surface area contributed by atoms with Gasteiger partial charge in [0.05, 0.1) is 23.8 Å². The summed E-state index contributed by atoms with van der Waals surface area (Å²) in [5.41, 5.74) is 0.708. The van der Waals surface area contributed by atoms with Gasteiger partial charge in [-0.3, -0.25) is 0 Å². The van der Waals surface area contributed by atoms with E-state index >= 15 is 0 Å². The Hall–Kier alpha value is -2.30. The maximum atomic E-state index is 13.5. The van der Waals surface area contributed by atoms with Gasteiger partial charge < -0.3 is 14.8 Å². The highest BCUT2D eigenvalue weighted by molar-refractivity contribution is 5.94. The number of carbonyl (C=O) groups is 1. The first kappa shape index (κ1) is 11.2. The van der Waals surface area contributed by atoms with Gasteiger partial charge in [0.2, 0.25) is 0 Å². The summed E-state index contributed by atoms with van der Waals surface area (Å²) in [6.45, 7) is 0.303. The average molecular weight is 235 g/mol. The van der Waals surface area contributed by atoms with E-state index in [1.807, 2.05) is 0 Å². The highest BCUT2D eigenvalue weighted by Gasteiger charge is 2.13. The summed E-state index contributed by atoms with van der Waals surface area (Å²) in [6.07, 6.45) is 3.00. The lowest BCUT2D eigenvalue weighted by Crippen LogP contribution is -2.08. The molecule has 0 bridgehead atoms. The quantitative estimate of drug-likeness (QED) is 0.855. The standard InChI is InChI=1S/C12H10FNO3/c13-10-3-1-2-9(12(15)16)11(10)14-6-8-4-5-17-7-8/h1-5,7,14H,6H2,(H,15,16). The summed E-state index contributed by atoms with van der Waals surface area (Å²) in [7, 11) is 0. The molecule has 0 atom stereocenters. The molecule has 2 aromatic rings. The molecule has 2 N–H and O–H groups in total. The molecule has 5 heteroatoms. The molecule has 88 valence electrons. The molecule has 0 fully saturated rings. The summed E-state index contributed by atoms with van der Waals surface area (Å²) in [5.74, 6) is -1.76. The molecule has 0 unspecified atom stereocenters. The summed E-state index contributed by atoms with van der Waals surface area (Å²) in [5, 5.41) is 11.7. The lowest BCUT2D eigenvalue weighted by Gasteiger charge is -2.09. The number of benzene rings is 1. The second-order valence-electron chi connectivity index (χ2n) is 3.45. The van der Waals surface area contributed by atoms with Gasteiger partial charge in [0.15, 0.2) is 0 Å². The van der Waals surface area contributed by atoms with E-state index < -0.39 is 11.8 Å². The molecule has 1 aromatic carbocycles.